The number of thioether (sulfide) groups is 1. The van der Waals surface area contributed by atoms with Gasteiger partial charge in [0.05, 0.1) is 6.42 Å². The van der Waals surface area contributed by atoms with Crippen LogP contribution in [0.5, 0.6) is 0 Å². The van der Waals surface area contributed by atoms with Crippen LogP contribution in [0.1, 0.15) is 6.42 Å². The van der Waals surface area contributed by atoms with Gasteiger partial charge < -0.3 is 10.8 Å². The number of carboxylic acids is 1. The number of halogens is 1. The largest absolute Gasteiger partial charge is 0.481 e. The van der Waals surface area contributed by atoms with Crippen molar-refractivity contribution in [2.75, 3.05) is 11.5 Å². The quantitative estimate of drug-likeness (QED) is 0.617. The molecule has 0 bridgehead atoms. The summed E-state index contributed by atoms with van der Waals surface area (Å²) >= 11 is 7.14. The second kappa shape index (κ2) is 5.12. The predicted octanol–water partition coefficient (Wildman–Crippen LogP) is 2.49. The van der Waals surface area contributed by atoms with Gasteiger partial charge in [-0.15, -0.1) is 11.8 Å². The van der Waals surface area contributed by atoms with Crippen LogP contribution in [0.4, 0.5) is 5.69 Å². The van der Waals surface area contributed by atoms with E-state index in [2.05, 4.69) is 0 Å². The lowest BCUT2D eigenvalue weighted by Crippen LogP contribution is -1.96. The molecule has 0 aliphatic carbocycles. The number of anilines is 1. The van der Waals surface area contributed by atoms with E-state index in [1.54, 1.807) is 18.2 Å². The second-order valence-electron chi connectivity index (χ2n) is 2.67. The minimum atomic E-state index is -0.801. The lowest BCUT2D eigenvalue weighted by atomic mass is 10.3. The molecule has 1 aromatic rings. The highest BCUT2D eigenvalue weighted by Crippen LogP contribution is 2.27. The first kappa shape index (κ1) is 11.2. The number of nitrogen functional groups attached to an aromatic ring is 1. The standard InChI is InChI=1S/C9H10ClNO2S/c10-6-1-2-8(7(11)5-6)14-4-3-9(12)13/h1-2,5H,3-4,11H2,(H,12,13). The maximum Gasteiger partial charge on any atom is 0.304 e. The van der Waals surface area contributed by atoms with Crippen molar-refractivity contribution in [3.63, 3.8) is 0 Å². The molecule has 0 fully saturated rings. The third-order valence-corrected chi connectivity index (χ3v) is 2.87. The van der Waals surface area contributed by atoms with Gasteiger partial charge in [-0.3, -0.25) is 4.79 Å². The van der Waals surface area contributed by atoms with Crippen LogP contribution >= 0.6 is 23.4 Å². The van der Waals surface area contributed by atoms with Crippen LogP contribution in [0.2, 0.25) is 5.02 Å². The first-order valence-corrected chi connectivity index (χ1v) is 5.35. The van der Waals surface area contributed by atoms with E-state index in [-0.39, 0.29) is 6.42 Å². The second-order valence-corrected chi connectivity index (χ2v) is 4.25. The molecule has 0 radical (unpaired) electrons. The summed E-state index contributed by atoms with van der Waals surface area (Å²) in [4.78, 5) is 11.1. The zero-order valence-electron chi connectivity index (χ0n) is 7.37. The highest BCUT2D eigenvalue weighted by Gasteiger charge is 2.02. The lowest BCUT2D eigenvalue weighted by molar-refractivity contribution is -0.136. The topological polar surface area (TPSA) is 63.3 Å². The maximum atomic E-state index is 10.3. The van der Waals surface area contributed by atoms with Crippen molar-refractivity contribution in [2.45, 2.75) is 11.3 Å². The summed E-state index contributed by atoms with van der Waals surface area (Å²) in [6, 6.07) is 5.19. The molecule has 3 nitrogen and oxygen atoms in total. The Labute approximate surface area is 91.2 Å². The van der Waals surface area contributed by atoms with Crippen LogP contribution in [-0.4, -0.2) is 16.8 Å². The van der Waals surface area contributed by atoms with E-state index in [9.17, 15) is 4.79 Å². The minimum absolute atomic E-state index is 0.132. The number of carboxylic acid groups (broad SMARTS) is 1. The van der Waals surface area contributed by atoms with E-state index in [4.69, 9.17) is 22.4 Å². The van der Waals surface area contributed by atoms with E-state index >= 15 is 0 Å². The number of aliphatic carboxylic acids is 1. The molecule has 1 rings (SSSR count). The molecular weight excluding hydrogens is 222 g/mol. The summed E-state index contributed by atoms with van der Waals surface area (Å²) < 4.78 is 0. The number of nitrogens with two attached hydrogens (primary N) is 1. The van der Waals surface area contributed by atoms with Gasteiger partial charge in [0.25, 0.3) is 0 Å². The van der Waals surface area contributed by atoms with Crippen molar-refractivity contribution >= 4 is 35.0 Å². The average Bonchev–Trinajstić information content (AvgIpc) is 2.08. The minimum Gasteiger partial charge on any atom is -0.481 e. The van der Waals surface area contributed by atoms with Crippen molar-refractivity contribution in [3.05, 3.63) is 23.2 Å². The van der Waals surface area contributed by atoms with Gasteiger partial charge in [-0.25, -0.2) is 0 Å². The first-order chi connectivity index (χ1) is 6.59. The van der Waals surface area contributed by atoms with E-state index in [0.717, 1.165) is 4.90 Å². The fraction of sp³-hybridized carbons (Fsp3) is 0.222. The smallest absolute Gasteiger partial charge is 0.304 e. The normalized spacial score (nSPS) is 10.1. The van der Waals surface area contributed by atoms with Crippen molar-refractivity contribution < 1.29 is 9.90 Å². The predicted molar refractivity (Wildman–Crippen MR) is 58.8 cm³/mol. The Morgan fingerprint density at radius 3 is 2.86 bits per heavy atom. The zero-order chi connectivity index (χ0) is 10.6. The molecule has 14 heavy (non-hydrogen) atoms. The van der Waals surface area contributed by atoms with Crippen LogP contribution in [0.15, 0.2) is 23.1 Å². The average molecular weight is 232 g/mol. The summed E-state index contributed by atoms with van der Waals surface area (Å²) in [5.41, 5.74) is 6.28. The molecule has 3 N–H and O–H groups in total. The molecule has 0 atom stereocenters. The maximum absolute atomic E-state index is 10.3. The molecule has 0 saturated carbocycles. The number of carbonyl (C=O) groups is 1. The molecule has 0 unspecified atom stereocenters. The summed E-state index contributed by atoms with van der Waals surface area (Å²) in [5.74, 6) is -0.286. The van der Waals surface area contributed by atoms with Crippen molar-refractivity contribution in [2.24, 2.45) is 0 Å². The number of rotatable bonds is 4. The van der Waals surface area contributed by atoms with Gasteiger partial charge in [0.1, 0.15) is 0 Å². The molecule has 0 aliphatic rings. The molecular formula is C9H10ClNO2S. The van der Waals surface area contributed by atoms with Gasteiger partial charge >= 0.3 is 5.97 Å². The molecule has 0 saturated heterocycles. The molecule has 0 aromatic heterocycles. The SMILES string of the molecule is Nc1cc(Cl)ccc1SCCC(=O)O. The fourth-order valence-electron chi connectivity index (χ4n) is 0.899. The monoisotopic (exact) mass is 231 g/mol. The highest BCUT2D eigenvalue weighted by atomic mass is 35.5. The Morgan fingerprint density at radius 1 is 1.57 bits per heavy atom. The summed E-state index contributed by atoms with van der Waals surface area (Å²) in [7, 11) is 0. The van der Waals surface area contributed by atoms with Crippen LogP contribution in [-0.2, 0) is 4.79 Å². The molecule has 0 heterocycles. The Balaban J connectivity index is 2.55. The molecule has 76 valence electrons. The molecule has 0 aliphatic heterocycles. The highest BCUT2D eigenvalue weighted by molar-refractivity contribution is 7.99. The van der Waals surface area contributed by atoms with Crippen molar-refractivity contribution in [1.82, 2.24) is 0 Å². The van der Waals surface area contributed by atoms with E-state index < -0.39 is 5.97 Å². The van der Waals surface area contributed by atoms with E-state index in [1.165, 1.54) is 11.8 Å². The molecule has 0 spiro atoms. The third kappa shape index (κ3) is 3.47. The van der Waals surface area contributed by atoms with Gasteiger partial charge in [-0.05, 0) is 18.2 Å². The van der Waals surface area contributed by atoms with Crippen molar-refractivity contribution in [1.29, 1.82) is 0 Å². The molecule has 0 amide bonds. The summed E-state index contributed by atoms with van der Waals surface area (Å²) in [6.45, 7) is 0. The van der Waals surface area contributed by atoms with Crippen LogP contribution in [0.25, 0.3) is 0 Å². The van der Waals surface area contributed by atoms with Gasteiger partial charge in [0, 0.05) is 21.4 Å². The zero-order valence-corrected chi connectivity index (χ0v) is 8.94. The number of hydrogen-bond acceptors (Lipinski definition) is 3. The summed E-state index contributed by atoms with van der Waals surface area (Å²) in [6.07, 6.45) is 0.132. The van der Waals surface area contributed by atoms with Gasteiger partial charge in [-0.2, -0.15) is 0 Å². The van der Waals surface area contributed by atoms with Crippen LogP contribution in [0, 0.1) is 0 Å². The Hall–Kier alpha value is -0.870. The molecule has 5 heteroatoms. The van der Waals surface area contributed by atoms with Crippen LogP contribution in [0.3, 0.4) is 0 Å². The van der Waals surface area contributed by atoms with Gasteiger partial charge in [-0.1, -0.05) is 11.6 Å². The van der Waals surface area contributed by atoms with Crippen molar-refractivity contribution in [3.8, 4) is 0 Å². The Kier molecular flexibility index (Phi) is 4.10. The number of benzene rings is 1. The van der Waals surface area contributed by atoms with E-state index in [0.29, 0.717) is 16.5 Å². The Bertz CT molecular complexity index is 344. The lowest BCUT2D eigenvalue weighted by Gasteiger charge is -2.04. The number of hydrogen-bond donors (Lipinski definition) is 2. The summed E-state index contributed by atoms with van der Waals surface area (Å²) in [5, 5.41) is 9.03. The fourth-order valence-corrected chi connectivity index (χ4v) is 1.97. The van der Waals surface area contributed by atoms with Gasteiger partial charge in [0.2, 0.25) is 0 Å². The van der Waals surface area contributed by atoms with Crippen LogP contribution < -0.4 is 5.73 Å². The van der Waals surface area contributed by atoms with E-state index in [1.807, 2.05) is 0 Å². The molecule has 1 aromatic carbocycles. The third-order valence-electron chi connectivity index (χ3n) is 1.55. The Morgan fingerprint density at radius 2 is 2.29 bits per heavy atom. The first-order valence-electron chi connectivity index (χ1n) is 3.99. The van der Waals surface area contributed by atoms with Gasteiger partial charge in [0.15, 0.2) is 0 Å².